The molecule has 1 unspecified atom stereocenters. The van der Waals surface area contributed by atoms with Crippen LogP contribution < -0.4 is 0 Å². The number of aliphatic hydroxyl groups is 2. The number of carbonyl (C=O) groups is 1. The third-order valence-electron chi connectivity index (χ3n) is 1.76. The molecule has 0 bridgehead atoms. The lowest BCUT2D eigenvalue weighted by Gasteiger charge is -1.95. The van der Waals surface area contributed by atoms with Crippen LogP contribution in [-0.2, 0) is 4.79 Å². The zero-order chi connectivity index (χ0) is 14.8. The molecule has 1 atom stereocenters. The number of carboxylic acid groups (broad SMARTS) is 1. The zero-order valence-corrected chi connectivity index (χ0v) is 12.1. The minimum atomic E-state index is -0.670. The van der Waals surface area contributed by atoms with E-state index < -0.39 is 12.1 Å². The molecule has 0 aliphatic rings. The Hall–Kier alpha value is -0.870. The third kappa shape index (κ3) is 45.7. The Bertz CT molecular complexity index is 167. The fraction of sp³-hybridized carbons (Fsp3) is 0.786. The van der Waals surface area contributed by atoms with Crippen molar-refractivity contribution in [2.24, 2.45) is 0 Å². The van der Waals surface area contributed by atoms with E-state index in [0.29, 0.717) is 6.42 Å². The van der Waals surface area contributed by atoms with Gasteiger partial charge in [-0.3, -0.25) is 4.79 Å². The molecule has 0 fully saturated rings. The van der Waals surface area contributed by atoms with Gasteiger partial charge in [0.1, 0.15) is 0 Å². The van der Waals surface area contributed by atoms with Gasteiger partial charge in [-0.1, -0.05) is 38.7 Å². The maximum atomic E-state index is 10.0. The maximum Gasteiger partial charge on any atom is 0.303 e. The first-order valence-corrected chi connectivity index (χ1v) is 6.53. The van der Waals surface area contributed by atoms with Crippen LogP contribution in [-0.4, -0.2) is 34.0 Å². The summed E-state index contributed by atoms with van der Waals surface area (Å²) in [6.07, 6.45) is 7.07. The highest BCUT2D eigenvalue weighted by Gasteiger charge is 1.94. The zero-order valence-electron chi connectivity index (χ0n) is 12.1. The molecule has 0 rings (SSSR count). The van der Waals surface area contributed by atoms with Crippen molar-refractivity contribution >= 4 is 5.97 Å². The lowest BCUT2D eigenvalue weighted by Crippen LogP contribution is -2.03. The molecule has 0 spiro atoms. The van der Waals surface area contributed by atoms with Crippen LogP contribution >= 0.6 is 0 Å². The number of carboxylic acids is 1. The van der Waals surface area contributed by atoms with Gasteiger partial charge in [0, 0.05) is 6.42 Å². The van der Waals surface area contributed by atoms with E-state index in [-0.39, 0.29) is 6.61 Å². The van der Waals surface area contributed by atoms with Crippen LogP contribution in [0.4, 0.5) is 0 Å². The first-order chi connectivity index (χ1) is 8.45. The van der Waals surface area contributed by atoms with E-state index in [4.69, 9.17) is 15.3 Å². The molecule has 0 aromatic rings. The van der Waals surface area contributed by atoms with Crippen molar-refractivity contribution in [1.29, 1.82) is 0 Å². The third-order valence-corrected chi connectivity index (χ3v) is 1.76. The Labute approximate surface area is 111 Å². The summed E-state index contributed by atoms with van der Waals surface area (Å²) in [7, 11) is 0. The molecular weight excluding hydrogens is 232 g/mol. The topological polar surface area (TPSA) is 77.8 Å². The van der Waals surface area contributed by atoms with Gasteiger partial charge in [0.2, 0.25) is 0 Å². The molecule has 0 aromatic heterocycles. The van der Waals surface area contributed by atoms with Gasteiger partial charge in [0.25, 0.3) is 0 Å². The number of aliphatic hydroxyl groups excluding tert-OH is 2. The van der Waals surface area contributed by atoms with E-state index in [9.17, 15) is 4.79 Å². The fourth-order valence-corrected chi connectivity index (χ4v) is 0.880. The highest BCUT2D eigenvalue weighted by atomic mass is 16.4. The van der Waals surface area contributed by atoms with Crippen molar-refractivity contribution in [3.63, 3.8) is 0 Å². The minimum absolute atomic E-state index is 0.139. The lowest BCUT2D eigenvalue weighted by atomic mass is 10.1. The molecule has 0 heterocycles. The fourth-order valence-electron chi connectivity index (χ4n) is 0.880. The molecule has 4 nitrogen and oxygen atoms in total. The van der Waals surface area contributed by atoms with Crippen molar-refractivity contribution in [2.45, 2.75) is 65.4 Å². The number of aliphatic carboxylic acids is 1. The predicted molar refractivity (Wildman–Crippen MR) is 75.6 cm³/mol. The van der Waals surface area contributed by atoms with Crippen LogP contribution in [0, 0.1) is 0 Å². The second-order valence-corrected chi connectivity index (χ2v) is 4.00. The average Bonchev–Trinajstić information content (AvgIpc) is 2.30. The maximum absolute atomic E-state index is 10.0. The van der Waals surface area contributed by atoms with Crippen LogP contribution in [0.2, 0.25) is 0 Å². The van der Waals surface area contributed by atoms with Crippen molar-refractivity contribution in [3.8, 4) is 0 Å². The Morgan fingerprint density at radius 2 is 1.67 bits per heavy atom. The molecule has 0 aliphatic heterocycles. The Kier molecular flexibility index (Phi) is 26.6. The number of unbranched alkanes of at least 4 members (excludes halogenated alkanes) is 4. The van der Waals surface area contributed by atoms with Crippen LogP contribution in [0.25, 0.3) is 0 Å². The van der Waals surface area contributed by atoms with Crippen LogP contribution in [0.3, 0.4) is 0 Å². The molecule has 0 saturated carbocycles. The lowest BCUT2D eigenvalue weighted by molar-refractivity contribution is -0.137. The van der Waals surface area contributed by atoms with E-state index in [2.05, 4.69) is 13.5 Å². The predicted octanol–water partition coefficient (Wildman–Crippen LogP) is 2.98. The van der Waals surface area contributed by atoms with Gasteiger partial charge in [0.15, 0.2) is 0 Å². The summed E-state index contributed by atoms with van der Waals surface area (Å²) < 4.78 is 0. The average molecular weight is 262 g/mol. The summed E-state index contributed by atoms with van der Waals surface area (Å²) in [5, 5.41) is 24.3. The Morgan fingerprint density at radius 3 is 1.94 bits per heavy atom. The van der Waals surface area contributed by atoms with E-state index >= 15 is 0 Å². The van der Waals surface area contributed by atoms with E-state index in [1.54, 1.807) is 6.08 Å². The van der Waals surface area contributed by atoms with E-state index in [0.717, 1.165) is 12.8 Å². The quantitative estimate of drug-likeness (QED) is 0.487. The normalized spacial score (nSPS) is 10.3. The number of hydrogen-bond acceptors (Lipinski definition) is 3. The van der Waals surface area contributed by atoms with Gasteiger partial charge in [-0.2, -0.15) is 0 Å². The van der Waals surface area contributed by atoms with Crippen LogP contribution in [0.1, 0.15) is 59.3 Å². The van der Waals surface area contributed by atoms with Gasteiger partial charge in [-0.25, -0.2) is 0 Å². The first kappa shape index (κ1) is 22.3. The van der Waals surface area contributed by atoms with E-state index in [1.807, 2.05) is 6.92 Å². The molecular formula is C14H30O4. The summed E-state index contributed by atoms with van der Waals surface area (Å²) in [6, 6.07) is 0. The minimum Gasteiger partial charge on any atom is -0.481 e. The van der Waals surface area contributed by atoms with Gasteiger partial charge in [-0.05, 0) is 20.3 Å². The molecule has 0 aromatic carbocycles. The van der Waals surface area contributed by atoms with Crippen LogP contribution in [0.15, 0.2) is 12.7 Å². The standard InChI is InChI=1S/C8H16O2.C3H8O2.C3H6/c1-2-3-4-5-6-7-8(9)10;1-3(5)2-4;1-3-2/h2-7H2,1H3,(H,9,10);3-5H,2H2,1H3;3H,1H2,2H3. The van der Waals surface area contributed by atoms with Gasteiger partial charge in [-0.15, -0.1) is 6.58 Å². The van der Waals surface area contributed by atoms with Gasteiger partial charge in [0.05, 0.1) is 12.7 Å². The number of hydrogen-bond donors (Lipinski definition) is 3. The van der Waals surface area contributed by atoms with E-state index in [1.165, 1.54) is 26.2 Å². The van der Waals surface area contributed by atoms with Gasteiger partial charge < -0.3 is 15.3 Å². The number of allylic oxidation sites excluding steroid dienone is 1. The first-order valence-electron chi connectivity index (χ1n) is 6.53. The summed E-state index contributed by atoms with van der Waals surface area (Å²) in [5.41, 5.74) is 0. The Balaban J connectivity index is -0.000000235. The van der Waals surface area contributed by atoms with Crippen LogP contribution in [0.5, 0.6) is 0 Å². The Morgan fingerprint density at radius 1 is 1.28 bits per heavy atom. The summed E-state index contributed by atoms with van der Waals surface area (Å²) in [5.74, 6) is -0.670. The van der Waals surface area contributed by atoms with Crippen molar-refractivity contribution < 1.29 is 20.1 Å². The smallest absolute Gasteiger partial charge is 0.303 e. The van der Waals surface area contributed by atoms with Crippen molar-refractivity contribution in [1.82, 2.24) is 0 Å². The summed E-state index contributed by atoms with van der Waals surface area (Å²) in [4.78, 5) is 10.0. The molecule has 4 heteroatoms. The SMILES string of the molecule is C=CC.CC(O)CO.CCCCCCCC(=O)O. The highest BCUT2D eigenvalue weighted by Crippen LogP contribution is 2.04. The summed E-state index contributed by atoms with van der Waals surface area (Å²) >= 11 is 0. The van der Waals surface area contributed by atoms with Crippen molar-refractivity contribution in [2.75, 3.05) is 6.61 Å². The molecule has 0 aliphatic carbocycles. The molecule has 0 radical (unpaired) electrons. The molecule has 18 heavy (non-hydrogen) atoms. The molecule has 3 N–H and O–H groups in total. The number of rotatable bonds is 7. The second-order valence-electron chi connectivity index (χ2n) is 4.00. The van der Waals surface area contributed by atoms with Gasteiger partial charge >= 0.3 is 5.97 Å². The second kappa shape index (κ2) is 21.4. The summed E-state index contributed by atoms with van der Waals surface area (Å²) in [6.45, 7) is 8.79. The monoisotopic (exact) mass is 262 g/mol. The molecule has 110 valence electrons. The molecule has 0 saturated heterocycles. The largest absolute Gasteiger partial charge is 0.481 e. The molecule has 0 amide bonds. The van der Waals surface area contributed by atoms with Crippen molar-refractivity contribution in [3.05, 3.63) is 12.7 Å². The highest BCUT2D eigenvalue weighted by molar-refractivity contribution is 5.66.